The summed E-state index contributed by atoms with van der Waals surface area (Å²) >= 11 is 1.79. The van der Waals surface area contributed by atoms with Gasteiger partial charge in [-0.2, -0.15) is 0 Å². The normalized spacial score (nSPS) is 17.7. The Bertz CT molecular complexity index is 1260. The number of aromatic nitrogens is 4. The highest BCUT2D eigenvalue weighted by molar-refractivity contribution is 7.15. The zero-order chi connectivity index (χ0) is 20.8. The molecule has 7 nitrogen and oxygen atoms in total. The molecule has 0 aliphatic carbocycles. The number of hydrogen-bond donors (Lipinski definition) is 0. The first-order chi connectivity index (χ1) is 15.2. The minimum Gasteiger partial charge on any atom is -0.370 e. The van der Waals surface area contributed by atoms with Crippen LogP contribution in [0.1, 0.15) is 33.6 Å². The third-order valence-corrected chi connectivity index (χ3v) is 7.53. The molecule has 4 aromatic heterocycles. The lowest BCUT2D eigenvalue weighted by Gasteiger charge is -2.44. The second-order valence-electron chi connectivity index (χ2n) is 8.03. The summed E-state index contributed by atoms with van der Waals surface area (Å²) in [4.78, 5) is 30.5. The van der Waals surface area contributed by atoms with Gasteiger partial charge in [0.25, 0.3) is 5.91 Å². The second-order valence-corrected chi connectivity index (χ2v) is 9.17. The molecule has 0 unspecified atom stereocenters. The molecule has 8 heteroatoms. The van der Waals surface area contributed by atoms with Gasteiger partial charge in [-0.05, 0) is 36.6 Å². The van der Waals surface area contributed by atoms with E-state index in [1.54, 1.807) is 29.9 Å². The van der Waals surface area contributed by atoms with Crippen molar-refractivity contribution in [2.75, 3.05) is 19.7 Å². The lowest BCUT2D eigenvalue weighted by Crippen LogP contribution is -2.48. The quantitative estimate of drug-likeness (QED) is 0.485. The third-order valence-electron chi connectivity index (χ3n) is 6.32. The molecule has 0 aromatic carbocycles. The smallest absolute Gasteiger partial charge is 0.255 e. The van der Waals surface area contributed by atoms with E-state index in [0.29, 0.717) is 18.7 Å². The Morgan fingerprint density at radius 3 is 2.87 bits per heavy atom. The molecule has 6 rings (SSSR count). The highest BCUT2D eigenvalue weighted by Gasteiger charge is 2.43. The largest absolute Gasteiger partial charge is 0.370 e. The molecule has 1 spiro atoms. The van der Waals surface area contributed by atoms with Crippen LogP contribution in [0.3, 0.4) is 0 Å². The standard InChI is InChI=1S/C23H21N5O2S/c29-22(16-1-2-21-26-8-11-28(21)15-16)27-9-4-23(5-10-27)17-13-20(18-14-24-6-7-25-18)31-19(17)3-12-30-23/h1-2,6-8,11,13-15H,3-5,9-10,12H2. The number of likely N-dealkylation sites (tertiary alicyclic amines) is 1. The van der Waals surface area contributed by atoms with Crippen LogP contribution in [-0.2, 0) is 16.8 Å². The van der Waals surface area contributed by atoms with Gasteiger partial charge in [-0.1, -0.05) is 0 Å². The number of ether oxygens (including phenoxy) is 1. The molecule has 0 N–H and O–H groups in total. The first-order valence-electron chi connectivity index (χ1n) is 10.5. The predicted octanol–water partition coefficient (Wildman–Crippen LogP) is 3.56. The summed E-state index contributed by atoms with van der Waals surface area (Å²) in [6.07, 6.45) is 13.2. The van der Waals surface area contributed by atoms with Gasteiger partial charge in [0.2, 0.25) is 0 Å². The Morgan fingerprint density at radius 2 is 2.03 bits per heavy atom. The van der Waals surface area contributed by atoms with Crippen molar-refractivity contribution in [2.45, 2.75) is 24.9 Å². The van der Waals surface area contributed by atoms with Crippen LogP contribution < -0.4 is 0 Å². The maximum Gasteiger partial charge on any atom is 0.255 e. The van der Waals surface area contributed by atoms with E-state index in [0.717, 1.165) is 42.1 Å². The Hall–Kier alpha value is -3.10. The molecule has 4 aromatic rings. The Balaban J connectivity index is 1.24. The molecule has 6 heterocycles. The van der Waals surface area contributed by atoms with Gasteiger partial charge in [0.05, 0.1) is 34.5 Å². The van der Waals surface area contributed by atoms with E-state index < -0.39 is 0 Å². The Morgan fingerprint density at radius 1 is 1.13 bits per heavy atom. The summed E-state index contributed by atoms with van der Waals surface area (Å²) in [7, 11) is 0. The van der Waals surface area contributed by atoms with E-state index in [4.69, 9.17) is 4.74 Å². The van der Waals surface area contributed by atoms with Crippen molar-refractivity contribution in [1.82, 2.24) is 24.3 Å². The van der Waals surface area contributed by atoms with E-state index in [2.05, 4.69) is 21.0 Å². The molecule has 1 fully saturated rings. The van der Waals surface area contributed by atoms with Crippen molar-refractivity contribution in [3.05, 3.63) is 71.4 Å². The number of piperidine rings is 1. The Kier molecular flexibility index (Phi) is 4.36. The lowest BCUT2D eigenvalue weighted by molar-refractivity contribution is -0.0926. The fourth-order valence-electron chi connectivity index (χ4n) is 4.68. The van der Waals surface area contributed by atoms with Crippen LogP contribution in [0, 0.1) is 0 Å². The van der Waals surface area contributed by atoms with Gasteiger partial charge < -0.3 is 14.0 Å². The molecule has 156 valence electrons. The number of carbonyl (C=O) groups excluding carboxylic acids is 1. The SMILES string of the molecule is O=C(c1ccc2nccn2c1)N1CCC2(CC1)OCCc1sc(-c3cnccn3)cc12. The van der Waals surface area contributed by atoms with Crippen LogP contribution in [0.25, 0.3) is 16.2 Å². The molecular weight excluding hydrogens is 410 g/mol. The van der Waals surface area contributed by atoms with Crippen molar-refractivity contribution in [1.29, 1.82) is 0 Å². The van der Waals surface area contributed by atoms with E-state index in [9.17, 15) is 4.79 Å². The van der Waals surface area contributed by atoms with Crippen LogP contribution in [-0.4, -0.2) is 49.9 Å². The zero-order valence-electron chi connectivity index (χ0n) is 16.9. The van der Waals surface area contributed by atoms with E-state index in [1.165, 1.54) is 10.4 Å². The average molecular weight is 432 g/mol. The highest BCUT2D eigenvalue weighted by atomic mass is 32.1. The van der Waals surface area contributed by atoms with E-state index >= 15 is 0 Å². The summed E-state index contributed by atoms with van der Waals surface area (Å²) in [6, 6.07) is 5.97. The van der Waals surface area contributed by atoms with Gasteiger partial charge >= 0.3 is 0 Å². The lowest BCUT2D eigenvalue weighted by atomic mass is 9.82. The number of thiophene rings is 1. The molecule has 0 radical (unpaired) electrons. The summed E-state index contributed by atoms with van der Waals surface area (Å²) < 4.78 is 8.27. The number of amides is 1. The van der Waals surface area contributed by atoms with Gasteiger partial charge in [-0.3, -0.25) is 14.8 Å². The molecule has 0 bridgehead atoms. The van der Waals surface area contributed by atoms with Gasteiger partial charge in [0, 0.05) is 55.4 Å². The molecule has 0 saturated carbocycles. The molecule has 1 amide bonds. The number of pyridine rings is 1. The number of carbonyl (C=O) groups is 1. The van der Waals surface area contributed by atoms with Crippen LogP contribution in [0.5, 0.6) is 0 Å². The van der Waals surface area contributed by atoms with Crippen molar-refractivity contribution in [3.8, 4) is 10.6 Å². The maximum atomic E-state index is 13.1. The molecule has 1 saturated heterocycles. The third kappa shape index (κ3) is 3.14. The van der Waals surface area contributed by atoms with Gasteiger partial charge in [0.1, 0.15) is 5.65 Å². The fourth-order valence-corrected chi connectivity index (χ4v) is 5.88. The molecule has 2 aliphatic heterocycles. The number of imidazole rings is 1. The van der Waals surface area contributed by atoms with Crippen molar-refractivity contribution >= 4 is 22.9 Å². The van der Waals surface area contributed by atoms with Gasteiger partial charge in [-0.25, -0.2) is 4.98 Å². The average Bonchev–Trinajstić information content (AvgIpc) is 3.47. The van der Waals surface area contributed by atoms with Crippen LogP contribution >= 0.6 is 11.3 Å². The van der Waals surface area contributed by atoms with Gasteiger partial charge in [0.15, 0.2) is 0 Å². The maximum absolute atomic E-state index is 13.1. The van der Waals surface area contributed by atoms with Crippen LogP contribution in [0.2, 0.25) is 0 Å². The molecule has 31 heavy (non-hydrogen) atoms. The van der Waals surface area contributed by atoms with E-state index in [-0.39, 0.29) is 11.5 Å². The topological polar surface area (TPSA) is 72.6 Å². The fraction of sp³-hybridized carbons (Fsp3) is 0.304. The second kappa shape index (κ2) is 7.25. The number of nitrogens with zero attached hydrogens (tertiary/aromatic N) is 5. The highest BCUT2D eigenvalue weighted by Crippen LogP contribution is 2.46. The number of rotatable bonds is 2. The summed E-state index contributed by atoms with van der Waals surface area (Å²) in [6.45, 7) is 2.08. The molecular formula is C23H21N5O2S. The minimum absolute atomic E-state index is 0.0621. The summed E-state index contributed by atoms with van der Waals surface area (Å²) in [5.41, 5.74) is 3.40. The molecule has 2 aliphatic rings. The first kappa shape index (κ1) is 18.7. The van der Waals surface area contributed by atoms with Crippen LogP contribution in [0.4, 0.5) is 0 Å². The summed E-state index contributed by atoms with van der Waals surface area (Å²) in [5, 5.41) is 0. The van der Waals surface area contributed by atoms with Gasteiger partial charge in [-0.15, -0.1) is 11.3 Å². The van der Waals surface area contributed by atoms with E-state index in [1.807, 2.05) is 40.0 Å². The first-order valence-corrected chi connectivity index (χ1v) is 11.3. The van der Waals surface area contributed by atoms with Crippen molar-refractivity contribution in [2.24, 2.45) is 0 Å². The van der Waals surface area contributed by atoms with Crippen molar-refractivity contribution in [3.63, 3.8) is 0 Å². The van der Waals surface area contributed by atoms with Crippen molar-refractivity contribution < 1.29 is 9.53 Å². The minimum atomic E-state index is -0.310. The number of hydrogen-bond acceptors (Lipinski definition) is 6. The Labute approximate surface area is 183 Å². The monoisotopic (exact) mass is 431 g/mol. The predicted molar refractivity (Wildman–Crippen MR) is 117 cm³/mol. The summed E-state index contributed by atoms with van der Waals surface area (Å²) in [5.74, 6) is 0.0621. The zero-order valence-corrected chi connectivity index (χ0v) is 17.7. The number of fused-ring (bicyclic) bond motifs is 3. The van der Waals surface area contributed by atoms with Crippen LogP contribution in [0.15, 0.2) is 55.4 Å². The molecule has 0 atom stereocenters.